The molecule has 0 radical (unpaired) electrons. The third-order valence-corrected chi connectivity index (χ3v) is 8.58. The van der Waals surface area contributed by atoms with Crippen LogP contribution in [0.2, 0.25) is 0 Å². The molecular formula is C24H38N4O4S. The molecule has 0 bridgehead atoms. The Kier molecular flexibility index (Phi) is 9.28. The van der Waals surface area contributed by atoms with Gasteiger partial charge in [-0.2, -0.15) is 4.31 Å². The lowest BCUT2D eigenvalue weighted by Crippen LogP contribution is -2.50. The highest BCUT2D eigenvalue weighted by Crippen LogP contribution is 2.22. The highest BCUT2D eigenvalue weighted by molar-refractivity contribution is 7.89. The van der Waals surface area contributed by atoms with Crippen molar-refractivity contribution in [1.29, 1.82) is 0 Å². The number of piperidine rings is 1. The number of nitrogens with zero attached hydrogens (tertiary/aromatic N) is 3. The minimum Gasteiger partial charge on any atom is -0.356 e. The van der Waals surface area contributed by atoms with E-state index in [-0.39, 0.29) is 37.7 Å². The van der Waals surface area contributed by atoms with Crippen LogP contribution in [0.4, 0.5) is 0 Å². The number of carbonyl (C=O) groups is 2. The summed E-state index contributed by atoms with van der Waals surface area (Å²) in [4.78, 5) is 29.1. The van der Waals surface area contributed by atoms with Gasteiger partial charge in [-0.25, -0.2) is 8.42 Å². The van der Waals surface area contributed by atoms with Crippen LogP contribution in [-0.2, 0) is 19.6 Å². The molecule has 2 saturated heterocycles. The molecule has 0 aromatic heterocycles. The van der Waals surface area contributed by atoms with Crippen molar-refractivity contribution in [2.45, 2.75) is 57.3 Å². The Morgan fingerprint density at radius 1 is 0.939 bits per heavy atom. The number of piperazine rings is 1. The molecule has 33 heavy (non-hydrogen) atoms. The smallest absolute Gasteiger partial charge is 0.243 e. The van der Waals surface area contributed by atoms with Crippen molar-refractivity contribution >= 4 is 21.8 Å². The van der Waals surface area contributed by atoms with Gasteiger partial charge in [0.15, 0.2) is 0 Å². The summed E-state index contributed by atoms with van der Waals surface area (Å²) in [6.07, 6.45) is 5.10. The summed E-state index contributed by atoms with van der Waals surface area (Å²) in [7, 11) is -3.58. The molecule has 9 heteroatoms. The van der Waals surface area contributed by atoms with E-state index in [0.29, 0.717) is 24.5 Å². The van der Waals surface area contributed by atoms with Crippen LogP contribution in [0.25, 0.3) is 0 Å². The predicted octanol–water partition coefficient (Wildman–Crippen LogP) is 1.91. The number of benzene rings is 1. The number of aryl methyl sites for hydroxylation is 2. The number of nitrogens with one attached hydrogen (secondary N) is 1. The maximum absolute atomic E-state index is 13.0. The van der Waals surface area contributed by atoms with E-state index in [1.54, 1.807) is 17.9 Å². The molecule has 184 valence electrons. The molecule has 1 aromatic carbocycles. The van der Waals surface area contributed by atoms with E-state index >= 15 is 0 Å². The van der Waals surface area contributed by atoms with E-state index in [0.717, 1.165) is 37.2 Å². The van der Waals surface area contributed by atoms with Gasteiger partial charge in [-0.1, -0.05) is 18.6 Å². The van der Waals surface area contributed by atoms with Crippen molar-refractivity contribution in [3.63, 3.8) is 0 Å². The van der Waals surface area contributed by atoms with Crippen molar-refractivity contribution in [2.24, 2.45) is 0 Å². The fourth-order valence-electron chi connectivity index (χ4n) is 4.48. The summed E-state index contributed by atoms with van der Waals surface area (Å²) < 4.78 is 27.5. The summed E-state index contributed by atoms with van der Waals surface area (Å²) in [5.41, 5.74) is 1.62. The first kappa shape index (κ1) is 25.6. The van der Waals surface area contributed by atoms with Crippen LogP contribution < -0.4 is 5.32 Å². The van der Waals surface area contributed by atoms with Crippen molar-refractivity contribution < 1.29 is 18.0 Å². The lowest BCUT2D eigenvalue weighted by Gasteiger charge is -2.34. The molecule has 2 aliphatic rings. The fraction of sp³-hybridized carbons (Fsp3) is 0.667. The molecule has 8 nitrogen and oxygen atoms in total. The Bertz CT molecular complexity index is 920. The topological polar surface area (TPSA) is 90.0 Å². The van der Waals surface area contributed by atoms with Gasteiger partial charge in [0.05, 0.1) is 4.90 Å². The van der Waals surface area contributed by atoms with Crippen LogP contribution in [0.5, 0.6) is 0 Å². The van der Waals surface area contributed by atoms with Crippen molar-refractivity contribution in [3.05, 3.63) is 29.3 Å². The van der Waals surface area contributed by atoms with Gasteiger partial charge in [0.2, 0.25) is 21.8 Å². The molecule has 0 unspecified atom stereocenters. The van der Waals surface area contributed by atoms with Crippen molar-refractivity contribution in [3.8, 4) is 0 Å². The van der Waals surface area contributed by atoms with Crippen LogP contribution in [-0.4, -0.2) is 86.7 Å². The van der Waals surface area contributed by atoms with Gasteiger partial charge < -0.3 is 15.1 Å². The molecule has 2 amide bonds. The molecular weight excluding hydrogens is 440 g/mol. The second kappa shape index (κ2) is 11.9. The largest absolute Gasteiger partial charge is 0.356 e. The number of rotatable bonds is 9. The number of amides is 2. The first-order valence-corrected chi connectivity index (χ1v) is 13.6. The van der Waals surface area contributed by atoms with Gasteiger partial charge in [-0.05, 0) is 69.9 Å². The lowest BCUT2D eigenvalue weighted by atomic mass is 10.1. The van der Waals surface area contributed by atoms with Gasteiger partial charge in [0.1, 0.15) is 0 Å². The van der Waals surface area contributed by atoms with Gasteiger partial charge in [-0.3, -0.25) is 9.59 Å². The summed E-state index contributed by atoms with van der Waals surface area (Å²) in [6.45, 7) is 8.86. The molecule has 2 aliphatic heterocycles. The van der Waals surface area contributed by atoms with E-state index < -0.39 is 10.0 Å². The second-order valence-electron chi connectivity index (χ2n) is 9.16. The summed E-state index contributed by atoms with van der Waals surface area (Å²) >= 11 is 0. The first-order valence-electron chi connectivity index (χ1n) is 12.1. The zero-order chi connectivity index (χ0) is 23.8. The highest BCUT2D eigenvalue weighted by atomic mass is 32.2. The molecule has 0 saturated carbocycles. The standard InChI is InChI=1S/C24H38N4O4S/c1-20-7-8-21(2)22(19-20)33(31,32)28-17-15-27(16-18-28)24(30)10-9-23(29)25-11-6-14-26-12-4-3-5-13-26/h7-8,19H,3-6,9-18H2,1-2H3,(H,25,29). The quantitative estimate of drug-likeness (QED) is 0.548. The maximum atomic E-state index is 13.0. The predicted molar refractivity (Wildman–Crippen MR) is 128 cm³/mol. The van der Waals surface area contributed by atoms with Crippen molar-refractivity contribution in [1.82, 2.24) is 19.4 Å². The summed E-state index contributed by atoms with van der Waals surface area (Å²) in [5, 5.41) is 2.91. The molecule has 2 heterocycles. The number of carbonyl (C=O) groups excluding carboxylic acids is 2. The van der Waals surface area contributed by atoms with E-state index in [2.05, 4.69) is 10.2 Å². The fourth-order valence-corrected chi connectivity index (χ4v) is 6.21. The molecule has 2 fully saturated rings. The zero-order valence-electron chi connectivity index (χ0n) is 20.0. The Labute approximate surface area is 198 Å². The third-order valence-electron chi connectivity index (χ3n) is 6.54. The van der Waals surface area contributed by atoms with Crippen LogP contribution in [0, 0.1) is 13.8 Å². The Balaban J connectivity index is 1.36. The van der Waals surface area contributed by atoms with Gasteiger partial charge in [0, 0.05) is 45.6 Å². The molecule has 3 rings (SSSR count). The highest BCUT2D eigenvalue weighted by Gasteiger charge is 2.31. The monoisotopic (exact) mass is 478 g/mol. The van der Waals surface area contributed by atoms with Crippen LogP contribution in [0.3, 0.4) is 0 Å². The molecule has 1 aromatic rings. The second-order valence-corrected chi connectivity index (χ2v) is 11.1. The average Bonchev–Trinajstić information content (AvgIpc) is 2.82. The minimum atomic E-state index is -3.58. The Morgan fingerprint density at radius 2 is 1.64 bits per heavy atom. The van der Waals surface area contributed by atoms with E-state index in [4.69, 9.17) is 0 Å². The van der Waals surface area contributed by atoms with Gasteiger partial charge in [0.25, 0.3) is 0 Å². The average molecular weight is 479 g/mol. The number of likely N-dealkylation sites (tertiary alicyclic amines) is 1. The van der Waals surface area contributed by atoms with E-state index in [9.17, 15) is 18.0 Å². The molecule has 0 aliphatic carbocycles. The summed E-state index contributed by atoms with van der Waals surface area (Å²) in [6, 6.07) is 5.42. The maximum Gasteiger partial charge on any atom is 0.243 e. The van der Waals surface area contributed by atoms with Crippen LogP contribution >= 0.6 is 0 Å². The first-order chi connectivity index (χ1) is 15.8. The molecule has 1 N–H and O–H groups in total. The molecule has 0 atom stereocenters. The van der Waals surface area contributed by atoms with Crippen molar-refractivity contribution in [2.75, 3.05) is 52.4 Å². The van der Waals surface area contributed by atoms with Crippen LogP contribution in [0.1, 0.15) is 49.7 Å². The number of hydrogen-bond acceptors (Lipinski definition) is 5. The lowest BCUT2D eigenvalue weighted by molar-refractivity contribution is -0.134. The SMILES string of the molecule is Cc1ccc(C)c(S(=O)(=O)N2CCN(C(=O)CCC(=O)NCCCN3CCCCC3)CC2)c1. The summed E-state index contributed by atoms with van der Waals surface area (Å²) in [5.74, 6) is -0.194. The van der Waals surface area contributed by atoms with Gasteiger partial charge in [-0.15, -0.1) is 0 Å². The van der Waals surface area contributed by atoms with E-state index in [1.165, 1.54) is 23.6 Å². The number of sulfonamides is 1. The Hall–Kier alpha value is -1.97. The minimum absolute atomic E-state index is 0.0951. The zero-order valence-corrected chi connectivity index (χ0v) is 20.8. The normalized spacial score (nSPS) is 18.3. The Morgan fingerprint density at radius 3 is 2.33 bits per heavy atom. The van der Waals surface area contributed by atoms with Crippen LogP contribution in [0.15, 0.2) is 23.1 Å². The third kappa shape index (κ3) is 7.25. The van der Waals surface area contributed by atoms with Gasteiger partial charge >= 0.3 is 0 Å². The van der Waals surface area contributed by atoms with E-state index in [1.807, 2.05) is 19.1 Å². The number of hydrogen-bond donors (Lipinski definition) is 1. The molecule has 0 spiro atoms.